The maximum absolute atomic E-state index is 5.85. The summed E-state index contributed by atoms with van der Waals surface area (Å²) >= 11 is 0. The summed E-state index contributed by atoms with van der Waals surface area (Å²) < 4.78 is 11.6. The first-order valence-electron chi connectivity index (χ1n) is 6.79. The number of nitrogens with zero attached hydrogens (tertiary/aromatic N) is 1. The topological polar surface area (TPSA) is 57.4 Å². The molecule has 4 heteroatoms. The molecule has 2 heterocycles. The average Bonchev–Trinajstić information content (AvgIpc) is 2.46. The molecule has 1 aliphatic heterocycles. The van der Waals surface area contributed by atoms with E-state index < -0.39 is 0 Å². The van der Waals surface area contributed by atoms with Crippen molar-refractivity contribution in [1.29, 1.82) is 0 Å². The Hall–Kier alpha value is -2.07. The van der Waals surface area contributed by atoms with Gasteiger partial charge in [0.1, 0.15) is 12.7 Å². The van der Waals surface area contributed by atoms with Gasteiger partial charge in [-0.05, 0) is 36.6 Å². The van der Waals surface area contributed by atoms with Gasteiger partial charge in [-0.3, -0.25) is 0 Å². The molecule has 104 valence electrons. The molecule has 1 aliphatic rings. The second-order valence-corrected chi connectivity index (χ2v) is 4.96. The molecule has 1 aromatic carbocycles. The quantitative estimate of drug-likeness (QED) is 0.931. The minimum Gasteiger partial charge on any atom is -0.487 e. The molecule has 4 nitrogen and oxygen atoms in total. The lowest BCUT2D eigenvalue weighted by Crippen LogP contribution is -2.21. The number of aryl methyl sites for hydroxylation is 1. The Labute approximate surface area is 118 Å². The monoisotopic (exact) mass is 270 g/mol. The number of nitrogens with two attached hydrogens (primary N) is 1. The lowest BCUT2D eigenvalue weighted by Gasteiger charge is -2.26. The molecule has 0 bridgehead atoms. The summed E-state index contributed by atoms with van der Waals surface area (Å²) in [5.74, 6) is 1.04. The van der Waals surface area contributed by atoms with Gasteiger partial charge < -0.3 is 15.2 Å². The first kappa shape index (κ1) is 12.9. The van der Waals surface area contributed by atoms with E-state index in [0.29, 0.717) is 18.2 Å². The van der Waals surface area contributed by atoms with Crippen molar-refractivity contribution in [1.82, 2.24) is 4.98 Å². The Morgan fingerprint density at radius 2 is 2.15 bits per heavy atom. The van der Waals surface area contributed by atoms with E-state index in [1.54, 1.807) is 0 Å². The minimum atomic E-state index is -0.0411. The minimum absolute atomic E-state index is 0.0411. The van der Waals surface area contributed by atoms with Gasteiger partial charge in [-0.1, -0.05) is 24.3 Å². The second-order valence-electron chi connectivity index (χ2n) is 4.96. The van der Waals surface area contributed by atoms with Crippen molar-refractivity contribution >= 4 is 5.82 Å². The van der Waals surface area contributed by atoms with Crippen LogP contribution in [0.4, 0.5) is 5.82 Å². The molecule has 0 radical (unpaired) electrons. The summed E-state index contributed by atoms with van der Waals surface area (Å²) in [7, 11) is 0. The summed E-state index contributed by atoms with van der Waals surface area (Å²) in [5.41, 5.74) is 9.28. The van der Waals surface area contributed by atoms with Crippen LogP contribution in [0.2, 0.25) is 0 Å². The van der Waals surface area contributed by atoms with Gasteiger partial charge >= 0.3 is 0 Å². The number of pyridine rings is 1. The van der Waals surface area contributed by atoms with Gasteiger partial charge in [0.15, 0.2) is 11.6 Å². The van der Waals surface area contributed by atoms with E-state index in [2.05, 4.69) is 23.2 Å². The molecule has 0 amide bonds. The number of anilines is 1. The van der Waals surface area contributed by atoms with E-state index in [4.69, 9.17) is 15.2 Å². The summed E-state index contributed by atoms with van der Waals surface area (Å²) in [5, 5.41) is 0. The molecule has 0 fully saturated rings. The highest BCUT2D eigenvalue weighted by Crippen LogP contribution is 2.28. The van der Waals surface area contributed by atoms with Crippen LogP contribution >= 0.6 is 0 Å². The highest BCUT2D eigenvalue weighted by atomic mass is 16.5. The number of aromatic nitrogens is 1. The van der Waals surface area contributed by atoms with Crippen LogP contribution in [0.5, 0.6) is 5.75 Å². The number of nitrogen functional groups attached to an aromatic ring is 1. The summed E-state index contributed by atoms with van der Waals surface area (Å²) in [6, 6.07) is 12.1. The van der Waals surface area contributed by atoms with Crippen LogP contribution < -0.4 is 10.5 Å². The Balaban J connectivity index is 1.73. The van der Waals surface area contributed by atoms with Crippen molar-refractivity contribution in [2.24, 2.45) is 0 Å². The van der Waals surface area contributed by atoms with E-state index in [0.717, 1.165) is 18.7 Å². The van der Waals surface area contributed by atoms with Crippen molar-refractivity contribution in [3.05, 3.63) is 53.2 Å². The van der Waals surface area contributed by atoms with Gasteiger partial charge in [0, 0.05) is 5.69 Å². The van der Waals surface area contributed by atoms with Gasteiger partial charge in [-0.2, -0.15) is 0 Å². The number of ether oxygens (including phenoxy) is 2. The third-order valence-electron chi connectivity index (χ3n) is 3.51. The van der Waals surface area contributed by atoms with E-state index in [1.807, 2.05) is 25.1 Å². The van der Waals surface area contributed by atoms with Crippen LogP contribution in [0.3, 0.4) is 0 Å². The first-order valence-corrected chi connectivity index (χ1v) is 6.79. The molecule has 1 atom stereocenters. The Bertz CT molecular complexity index is 613. The molecule has 1 aromatic heterocycles. The van der Waals surface area contributed by atoms with Crippen LogP contribution in [0.1, 0.15) is 22.9 Å². The van der Waals surface area contributed by atoms with Crippen molar-refractivity contribution in [3.8, 4) is 5.75 Å². The second kappa shape index (κ2) is 5.51. The molecule has 1 unspecified atom stereocenters. The summed E-state index contributed by atoms with van der Waals surface area (Å²) in [6.07, 6.45) is 0.918. The molecule has 0 saturated carbocycles. The molecule has 2 N–H and O–H groups in total. The number of hydrogen-bond donors (Lipinski definition) is 1. The van der Waals surface area contributed by atoms with Crippen LogP contribution in [0.25, 0.3) is 0 Å². The Morgan fingerprint density at radius 1 is 1.30 bits per heavy atom. The van der Waals surface area contributed by atoms with Crippen molar-refractivity contribution in [2.45, 2.75) is 19.4 Å². The van der Waals surface area contributed by atoms with Crippen LogP contribution in [0, 0.1) is 6.92 Å². The molecule has 0 spiro atoms. The van der Waals surface area contributed by atoms with Gasteiger partial charge in [0.05, 0.1) is 6.61 Å². The van der Waals surface area contributed by atoms with E-state index in [9.17, 15) is 0 Å². The standard InChI is InChI=1S/C16H18N2O2/c1-11-6-7-14(16(17)18-11)20-10-15-13-5-3-2-4-12(13)8-9-19-15/h2-7,15H,8-10H2,1H3,(H2,17,18). The molecule has 0 saturated heterocycles. The molecular weight excluding hydrogens is 252 g/mol. The van der Waals surface area contributed by atoms with E-state index in [-0.39, 0.29) is 6.10 Å². The van der Waals surface area contributed by atoms with Crippen molar-refractivity contribution in [2.75, 3.05) is 18.9 Å². The zero-order chi connectivity index (χ0) is 13.9. The van der Waals surface area contributed by atoms with Gasteiger partial charge in [-0.25, -0.2) is 4.98 Å². The Morgan fingerprint density at radius 3 is 3.00 bits per heavy atom. The molecule has 20 heavy (non-hydrogen) atoms. The molecular formula is C16H18N2O2. The normalized spacial score (nSPS) is 17.6. The lowest BCUT2D eigenvalue weighted by atomic mass is 9.98. The van der Waals surface area contributed by atoms with Crippen LogP contribution in [0.15, 0.2) is 36.4 Å². The maximum atomic E-state index is 5.85. The third kappa shape index (κ3) is 2.60. The third-order valence-corrected chi connectivity index (χ3v) is 3.51. The number of hydrogen-bond acceptors (Lipinski definition) is 4. The van der Waals surface area contributed by atoms with Crippen LogP contribution in [-0.2, 0) is 11.2 Å². The van der Waals surface area contributed by atoms with Gasteiger partial charge in [0.2, 0.25) is 0 Å². The fourth-order valence-electron chi connectivity index (χ4n) is 2.47. The fraction of sp³-hybridized carbons (Fsp3) is 0.312. The molecule has 3 rings (SSSR count). The predicted molar refractivity (Wildman–Crippen MR) is 77.7 cm³/mol. The molecule has 2 aromatic rings. The highest BCUT2D eigenvalue weighted by Gasteiger charge is 2.21. The largest absolute Gasteiger partial charge is 0.487 e. The maximum Gasteiger partial charge on any atom is 0.166 e. The van der Waals surface area contributed by atoms with Crippen molar-refractivity contribution < 1.29 is 9.47 Å². The first-order chi connectivity index (χ1) is 9.74. The van der Waals surface area contributed by atoms with Gasteiger partial charge in [0.25, 0.3) is 0 Å². The van der Waals surface area contributed by atoms with Crippen molar-refractivity contribution in [3.63, 3.8) is 0 Å². The number of rotatable bonds is 3. The molecule has 0 aliphatic carbocycles. The predicted octanol–water partition coefficient (Wildman–Crippen LogP) is 2.67. The van der Waals surface area contributed by atoms with E-state index >= 15 is 0 Å². The lowest BCUT2D eigenvalue weighted by molar-refractivity contribution is 0.0103. The SMILES string of the molecule is Cc1ccc(OCC2OCCc3ccccc32)c(N)n1. The summed E-state index contributed by atoms with van der Waals surface area (Å²) in [6.45, 7) is 3.08. The zero-order valence-corrected chi connectivity index (χ0v) is 11.5. The number of benzene rings is 1. The highest BCUT2D eigenvalue weighted by molar-refractivity contribution is 5.46. The van der Waals surface area contributed by atoms with E-state index in [1.165, 1.54) is 11.1 Å². The number of fused-ring (bicyclic) bond motifs is 1. The average molecular weight is 270 g/mol. The smallest absolute Gasteiger partial charge is 0.166 e. The Kier molecular flexibility index (Phi) is 3.56. The van der Waals surface area contributed by atoms with Crippen LogP contribution in [-0.4, -0.2) is 18.2 Å². The zero-order valence-electron chi connectivity index (χ0n) is 11.5. The fourth-order valence-corrected chi connectivity index (χ4v) is 2.47. The van der Waals surface area contributed by atoms with Gasteiger partial charge in [-0.15, -0.1) is 0 Å². The summed E-state index contributed by atoms with van der Waals surface area (Å²) in [4.78, 5) is 4.19.